The van der Waals surface area contributed by atoms with E-state index >= 15 is 0 Å². The molecule has 7 nitrogen and oxygen atoms in total. The van der Waals surface area contributed by atoms with Gasteiger partial charge in [-0.1, -0.05) is 60.7 Å². The lowest BCUT2D eigenvalue weighted by Gasteiger charge is -2.29. The molecule has 1 saturated heterocycles. The van der Waals surface area contributed by atoms with Crippen LogP contribution in [0.25, 0.3) is 10.8 Å². The number of nitrogens with one attached hydrogen (secondary N) is 2. The van der Waals surface area contributed by atoms with Crippen molar-refractivity contribution in [2.45, 2.75) is 44.3 Å². The summed E-state index contributed by atoms with van der Waals surface area (Å²) in [5, 5.41) is 7.87. The Balaban J connectivity index is 1.50. The minimum atomic E-state index is -0.796. The second kappa shape index (κ2) is 10.5. The number of rotatable bonds is 7. The summed E-state index contributed by atoms with van der Waals surface area (Å²) in [5.41, 5.74) is 7.34. The number of likely N-dealkylation sites (tertiary alicyclic amines) is 1. The highest BCUT2D eigenvalue weighted by Gasteiger charge is 2.38. The van der Waals surface area contributed by atoms with E-state index in [0.717, 1.165) is 22.8 Å². The van der Waals surface area contributed by atoms with E-state index in [2.05, 4.69) is 10.6 Å². The Morgan fingerprint density at radius 2 is 1.71 bits per heavy atom. The number of benzene rings is 3. The zero-order chi connectivity index (χ0) is 24.1. The van der Waals surface area contributed by atoms with Crippen molar-refractivity contribution in [1.82, 2.24) is 10.2 Å². The second-order valence-electron chi connectivity index (χ2n) is 8.78. The number of hydrogen-bond acceptors (Lipinski definition) is 4. The number of amides is 3. The summed E-state index contributed by atoms with van der Waals surface area (Å²) in [6, 6.07) is 21.0. The molecule has 4 N–H and O–H groups in total. The predicted molar refractivity (Wildman–Crippen MR) is 133 cm³/mol. The molecule has 4 rings (SSSR count). The first-order chi connectivity index (χ1) is 16.4. The van der Waals surface area contributed by atoms with E-state index in [1.165, 1.54) is 0 Å². The molecule has 0 aliphatic carbocycles. The fourth-order valence-corrected chi connectivity index (χ4v) is 4.35. The number of fused-ring (bicyclic) bond motifs is 1. The number of nitrogens with two attached hydrogens (primary N) is 1. The first-order valence-corrected chi connectivity index (χ1v) is 11.6. The van der Waals surface area contributed by atoms with E-state index in [0.29, 0.717) is 25.1 Å². The smallest absolute Gasteiger partial charge is 0.247 e. The summed E-state index contributed by atoms with van der Waals surface area (Å²) in [4.78, 5) is 40.6. The van der Waals surface area contributed by atoms with E-state index < -0.39 is 24.0 Å². The van der Waals surface area contributed by atoms with Crippen LogP contribution in [0.15, 0.2) is 72.8 Å². The van der Waals surface area contributed by atoms with Crippen LogP contribution in [0, 0.1) is 0 Å². The highest BCUT2D eigenvalue weighted by atomic mass is 16.2. The van der Waals surface area contributed by atoms with Gasteiger partial charge in [0.2, 0.25) is 17.7 Å². The Labute approximate surface area is 199 Å². The van der Waals surface area contributed by atoms with Crippen LogP contribution in [0.1, 0.15) is 25.3 Å². The summed E-state index contributed by atoms with van der Waals surface area (Å²) >= 11 is 0. The van der Waals surface area contributed by atoms with Gasteiger partial charge in [-0.3, -0.25) is 14.4 Å². The maximum absolute atomic E-state index is 13.5. The number of carbonyl (C=O) groups is 3. The topological polar surface area (TPSA) is 105 Å². The zero-order valence-corrected chi connectivity index (χ0v) is 19.2. The Hall–Kier alpha value is -3.71. The van der Waals surface area contributed by atoms with E-state index in [1.807, 2.05) is 72.8 Å². The van der Waals surface area contributed by atoms with Gasteiger partial charge in [-0.25, -0.2) is 0 Å². The predicted octanol–water partition coefficient (Wildman–Crippen LogP) is 2.84. The van der Waals surface area contributed by atoms with Crippen LogP contribution >= 0.6 is 0 Å². The number of nitrogens with zero attached hydrogens (tertiary/aromatic N) is 1. The second-order valence-corrected chi connectivity index (χ2v) is 8.78. The molecule has 176 valence electrons. The normalized spacial score (nSPS) is 17.2. The molecule has 1 aliphatic rings. The van der Waals surface area contributed by atoms with Crippen molar-refractivity contribution >= 4 is 34.2 Å². The summed E-state index contributed by atoms with van der Waals surface area (Å²) < 4.78 is 0. The minimum absolute atomic E-state index is 0.224. The van der Waals surface area contributed by atoms with Gasteiger partial charge in [-0.2, -0.15) is 0 Å². The lowest BCUT2D eigenvalue weighted by Crippen LogP contribution is -2.55. The number of carbonyl (C=O) groups excluding carboxylic acids is 3. The van der Waals surface area contributed by atoms with Gasteiger partial charge < -0.3 is 21.3 Å². The molecule has 3 aromatic carbocycles. The molecule has 0 unspecified atom stereocenters. The highest BCUT2D eigenvalue weighted by molar-refractivity contribution is 6.00. The molecule has 1 fully saturated rings. The van der Waals surface area contributed by atoms with Crippen LogP contribution in [0.2, 0.25) is 0 Å². The molecule has 0 spiro atoms. The van der Waals surface area contributed by atoms with Crippen LogP contribution < -0.4 is 16.4 Å². The molecule has 0 bridgehead atoms. The van der Waals surface area contributed by atoms with E-state index in [4.69, 9.17) is 5.73 Å². The Bertz CT molecular complexity index is 1180. The van der Waals surface area contributed by atoms with Crippen LogP contribution in [0.4, 0.5) is 5.69 Å². The molecule has 0 saturated carbocycles. The summed E-state index contributed by atoms with van der Waals surface area (Å²) in [5.74, 6) is -0.891. The molecule has 1 aliphatic heterocycles. The molecule has 7 heteroatoms. The number of hydrogen-bond donors (Lipinski definition) is 3. The van der Waals surface area contributed by atoms with Gasteiger partial charge in [0.25, 0.3) is 0 Å². The van der Waals surface area contributed by atoms with E-state index in [-0.39, 0.29) is 11.8 Å². The fourth-order valence-electron chi connectivity index (χ4n) is 4.35. The Kier molecular flexibility index (Phi) is 7.23. The SMILES string of the molecule is C[C@H](N)C(=O)N[C@@H](Cc1ccccc1)C(=O)N1CCC[C@@H]1C(=O)Nc1ccc2ccccc2c1. The van der Waals surface area contributed by atoms with Gasteiger partial charge in [-0.05, 0) is 48.2 Å². The van der Waals surface area contributed by atoms with Crippen molar-refractivity contribution in [3.8, 4) is 0 Å². The van der Waals surface area contributed by atoms with Gasteiger partial charge in [0, 0.05) is 18.7 Å². The maximum atomic E-state index is 13.5. The third-order valence-electron chi connectivity index (χ3n) is 6.17. The molecular weight excluding hydrogens is 428 g/mol. The Morgan fingerprint density at radius 1 is 1.00 bits per heavy atom. The standard InChI is InChI=1S/C27H30N4O3/c1-18(28)25(32)30-23(16-19-8-3-2-4-9-19)27(34)31-15-7-12-24(31)26(33)29-22-14-13-20-10-5-6-11-21(20)17-22/h2-6,8-11,13-14,17-18,23-24H,7,12,15-16,28H2,1H3,(H,29,33)(H,30,32)/t18-,23-,24+/m0/s1. The van der Waals surface area contributed by atoms with E-state index in [1.54, 1.807) is 11.8 Å². The third kappa shape index (κ3) is 5.43. The van der Waals surface area contributed by atoms with Crippen molar-refractivity contribution < 1.29 is 14.4 Å². The van der Waals surface area contributed by atoms with Crippen molar-refractivity contribution in [2.75, 3.05) is 11.9 Å². The monoisotopic (exact) mass is 458 g/mol. The van der Waals surface area contributed by atoms with Crippen LogP contribution in [-0.2, 0) is 20.8 Å². The average molecular weight is 459 g/mol. The molecule has 3 atom stereocenters. The first-order valence-electron chi connectivity index (χ1n) is 11.6. The minimum Gasteiger partial charge on any atom is -0.343 e. The van der Waals surface area contributed by atoms with E-state index in [9.17, 15) is 14.4 Å². The van der Waals surface area contributed by atoms with Gasteiger partial charge in [0.05, 0.1) is 6.04 Å². The molecule has 1 heterocycles. The van der Waals surface area contributed by atoms with Crippen LogP contribution in [-0.4, -0.2) is 47.3 Å². The zero-order valence-electron chi connectivity index (χ0n) is 19.2. The van der Waals surface area contributed by atoms with Crippen molar-refractivity contribution in [2.24, 2.45) is 5.73 Å². The average Bonchev–Trinajstić information content (AvgIpc) is 3.34. The molecule has 0 radical (unpaired) electrons. The lowest BCUT2D eigenvalue weighted by atomic mass is 10.0. The van der Waals surface area contributed by atoms with Crippen molar-refractivity contribution in [3.05, 3.63) is 78.4 Å². The first kappa shape index (κ1) is 23.4. The largest absolute Gasteiger partial charge is 0.343 e. The Morgan fingerprint density at radius 3 is 2.44 bits per heavy atom. The fraction of sp³-hybridized carbons (Fsp3) is 0.296. The lowest BCUT2D eigenvalue weighted by molar-refractivity contribution is -0.140. The highest BCUT2D eigenvalue weighted by Crippen LogP contribution is 2.23. The quantitative estimate of drug-likeness (QED) is 0.506. The maximum Gasteiger partial charge on any atom is 0.247 e. The van der Waals surface area contributed by atoms with Gasteiger partial charge >= 0.3 is 0 Å². The van der Waals surface area contributed by atoms with Gasteiger partial charge in [0.15, 0.2) is 0 Å². The van der Waals surface area contributed by atoms with Crippen molar-refractivity contribution in [1.29, 1.82) is 0 Å². The summed E-state index contributed by atoms with van der Waals surface area (Å²) in [6.45, 7) is 2.04. The molecule has 3 amide bonds. The number of anilines is 1. The third-order valence-corrected chi connectivity index (χ3v) is 6.17. The molecule has 0 aromatic heterocycles. The summed E-state index contributed by atoms with van der Waals surface area (Å²) in [6.07, 6.45) is 1.62. The molecule has 34 heavy (non-hydrogen) atoms. The van der Waals surface area contributed by atoms with Crippen LogP contribution in [0.5, 0.6) is 0 Å². The van der Waals surface area contributed by atoms with Gasteiger partial charge in [-0.15, -0.1) is 0 Å². The van der Waals surface area contributed by atoms with Crippen LogP contribution in [0.3, 0.4) is 0 Å². The summed E-state index contributed by atoms with van der Waals surface area (Å²) in [7, 11) is 0. The van der Waals surface area contributed by atoms with Crippen molar-refractivity contribution in [3.63, 3.8) is 0 Å². The molecule has 3 aromatic rings. The molecular formula is C27H30N4O3. The van der Waals surface area contributed by atoms with Gasteiger partial charge in [0.1, 0.15) is 12.1 Å².